The number of fused-ring (bicyclic) bond motifs is 2. The molecule has 1 aromatic heterocycles. The fourth-order valence-corrected chi connectivity index (χ4v) is 5.15. The monoisotopic (exact) mass is 403 g/mol. The van der Waals surface area contributed by atoms with Gasteiger partial charge in [0.25, 0.3) is 0 Å². The van der Waals surface area contributed by atoms with Crippen LogP contribution < -0.4 is 5.32 Å². The molecule has 6 nitrogen and oxygen atoms in total. The van der Waals surface area contributed by atoms with Crippen molar-refractivity contribution in [2.45, 2.75) is 31.3 Å². The van der Waals surface area contributed by atoms with Gasteiger partial charge in [-0.05, 0) is 59.9 Å². The Kier molecular flexibility index (Phi) is 4.66. The van der Waals surface area contributed by atoms with E-state index in [9.17, 15) is 14.7 Å². The summed E-state index contributed by atoms with van der Waals surface area (Å²) in [5, 5.41) is 13.9. The maximum Gasteiger partial charge on any atom is 0.246 e. The molecule has 5 rings (SSSR count). The SMILES string of the molecule is O=C1CCc2cc(/C=C/C(=O)N3C[C@@H]4CC(O)(c5ccccc5)C[C@@H]4C3)cnc2N1. The second-order valence-electron chi connectivity index (χ2n) is 8.73. The minimum Gasteiger partial charge on any atom is -0.385 e. The van der Waals surface area contributed by atoms with Crippen LogP contribution in [0, 0.1) is 11.8 Å². The number of amides is 2. The third-order valence-corrected chi connectivity index (χ3v) is 6.68. The van der Waals surface area contributed by atoms with Crippen molar-refractivity contribution in [3.63, 3.8) is 0 Å². The lowest BCUT2D eigenvalue weighted by Crippen LogP contribution is -2.31. The van der Waals surface area contributed by atoms with Gasteiger partial charge in [0, 0.05) is 31.8 Å². The number of hydrogen-bond donors (Lipinski definition) is 2. The summed E-state index contributed by atoms with van der Waals surface area (Å²) in [5.74, 6) is 1.28. The maximum absolute atomic E-state index is 12.7. The number of aryl methyl sites for hydroxylation is 1. The number of carbonyl (C=O) groups is 2. The predicted octanol–water partition coefficient (Wildman–Crippen LogP) is 2.74. The van der Waals surface area contributed by atoms with Crippen molar-refractivity contribution in [1.82, 2.24) is 9.88 Å². The summed E-state index contributed by atoms with van der Waals surface area (Å²) < 4.78 is 0. The van der Waals surface area contributed by atoms with Gasteiger partial charge in [-0.2, -0.15) is 0 Å². The molecule has 0 spiro atoms. The Morgan fingerprint density at radius 1 is 1.17 bits per heavy atom. The van der Waals surface area contributed by atoms with Crippen molar-refractivity contribution in [1.29, 1.82) is 0 Å². The molecular formula is C24H25N3O3. The number of anilines is 1. The Hall–Kier alpha value is -2.99. The summed E-state index contributed by atoms with van der Waals surface area (Å²) in [7, 11) is 0. The van der Waals surface area contributed by atoms with Crippen LogP contribution in [-0.2, 0) is 21.6 Å². The van der Waals surface area contributed by atoms with E-state index in [4.69, 9.17) is 0 Å². The van der Waals surface area contributed by atoms with E-state index in [1.165, 1.54) is 0 Å². The standard InChI is InChI=1S/C24H25N3O3/c28-21-8-7-17-10-16(13-25-23(17)26-21)6-9-22(29)27-14-18-11-24(30,12-19(18)15-27)20-4-2-1-3-5-20/h1-6,9-10,13,18-19,30H,7-8,11-12,14-15H2,(H,25,26,28)/b9-6+/t18-,19+,24?. The molecule has 3 aliphatic rings. The van der Waals surface area contributed by atoms with Gasteiger partial charge in [-0.1, -0.05) is 30.3 Å². The molecule has 1 unspecified atom stereocenters. The lowest BCUT2D eigenvalue weighted by Gasteiger charge is -2.26. The molecule has 0 radical (unpaired) electrons. The van der Waals surface area contributed by atoms with E-state index >= 15 is 0 Å². The zero-order valence-electron chi connectivity index (χ0n) is 16.8. The summed E-state index contributed by atoms with van der Waals surface area (Å²) in [6.45, 7) is 1.38. The molecule has 3 heterocycles. The minimum atomic E-state index is -0.772. The number of likely N-dealkylation sites (tertiary alicyclic amines) is 1. The first-order chi connectivity index (χ1) is 14.5. The van der Waals surface area contributed by atoms with Gasteiger partial charge >= 0.3 is 0 Å². The summed E-state index contributed by atoms with van der Waals surface area (Å²) in [5.41, 5.74) is 2.07. The van der Waals surface area contributed by atoms with Crippen LogP contribution in [0.25, 0.3) is 6.08 Å². The Labute approximate surface area is 175 Å². The van der Waals surface area contributed by atoms with E-state index in [2.05, 4.69) is 10.3 Å². The Morgan fingerprint density at radius 3 is 2.63 bits per heavy atom. The zero-order chi connectivity index (χ0) is 20.7. The van der Waals surface area contributed by atoms with E-state index in [0.29, 0.717) is 56.4 Å². The molecule has 6 heteroatoms. The van der Waals surface area contributed by atoms with Crippen LogP contribution in [0.4, 0.5) is 5.82 Å². The largest absolute Gasteiger partial charge is 0.385 e. The van der Waals surface area contributed by atoms with Crippen molar-refractivity contribution >= 4 is 23.7 Å². The molecule has 2 amide bonds. The fraction of sp³-hybridized carbons (Fsp3) is 0.375. The van der Waals surface area contributed by atoms with Gasteiger partial charge in [-0.3, -0.25) is 9.59 Å². The summed E-state index contributed by atoms with van der Waals surface area (Å²) in [6.07, 6.45) is 7.62. The first-order valence-corrected chi connectivity index (χ1v) is 10.5. The van der Waals surface area contributed by atoms with Crippen LogP contribution in [0.5, 0.6) is 0 Å². The van der Waals surface area contributed by atoms with Gasteiger partial charge in [0.05, 0.1) is 5.60 Å². The smallest absolute Gasteiger partial charge is 0.246 e. The molecule has 3 atom stereocenters. The van der Waals surface area contributed by atoms with Crippen molar-refractivity contribution in [2.75, 3.05) is 18.4 Å². The van der Waals surface area contributed by atoms with E-state index in [0.717, 1.165) is 16.7 Å². The van der Waals surface area contributed by atoms with Crippen molar-refractivity contribution in [3.05, 3.63) is 65.4 Å². The number of aromatic nitrogens is 1. The Balaban J connectivity index is 1.22. The Morgan fingerprint density at radius 2 is 1.90 bits per heavy atom. The van der Waals surface area contributed by atoms with Crippen LogP contribution in [0.2, 0.25) is 0 Å². The molecule has 1 aromatic carbocycles. The van der Waals surface area contributed by atoms with Gasteiger partial charge in [-0.25, -0.2) is 4.98 Å². The van der Waals surface area contributed by atoms with Crippen molar-refractivity contribution in [3.8, 4) is 0 Å². The number of hydrogen-bond acceptors (Lipinski definition) is 4. The maximum atomic E-state index is 12.7. The van der Waals surface area contributed by atoms with Gasteiger partial charge in [0.2, 0.25) is 11.8 Å². The highest BCUT2D eigenvalue weighted by Gasteiger charge is 2.49. The molecule has 1 saturated heterocycles. The molecule has 154 valence electrons. The highest BCUT2D eigenvalue weighted by molar-refractivity contribution is 5.94. The molecule has 2 N–H and O–H groups in total. The molecule has 2 aliphatic heterocycles. The summed E-state index contributed by atoms with van der Waals surface area (Å²) >= 11 is 0. The highest BCUT2D eigenvalue weighted by atomic mass is 16.3. The van der Waals surface area contributed by atoms with E-state index < -0.39 is 5.60 Å². The normalized spacial score (nSPS) is 27.8. The average molecular weight is 403 g/mol. The van der Waals surface area contributed by atoms with Crippen LogP contribution in [0.15, 0.2) is 48.7 Å². The number of nitrogens with zero attached hydrogens (tertiary/aromatic N) is 2. The third-order valence-electron chi connectivity index (χ3n) is 6.68. The number of carbonyl (C=O) groups excluding carboxylic acids is 2. The van der Waals surface area contributed by atoms with E-state index in [-0.39, 0.29) is 11.8 Å². The molecule has 2 fully saturated rings. The van der Waals surface area contributed by atoms with Crippen LogP contribution in [-0.4, -0.2) is 39.9 Å². The number of benzene rings is 1. The Bertz CT molecular complexity index is 1000. The van der Waals surface area contributed by atoms with Crippen LogP contribution >= 0.6 is 0 Å². The number of aliphatic hydroxyl groups is 1. The van der Waals surface area contributed by atoms with Gasteiger partial charge in [0.15, 0.2) is 0 Å². The molecule has 0 bridgehead atoms. The topological polar surface area (TPSA) is 82.5 Å². The van der Waals surface area contributed by atoms with E-state index in [1.807, 2.05) is 41.3 Å². The van der Waals surface area contributed by atoms with Crippen LogP contribution in [0.1, 0.15) is 36.0 Å². The number of pyridine rings is 1. The lowest BCUT2D eigenvalue weighted by atomic mass is 9.90. The predicted molar refractivity (Wildman–Crippen MR) is 113 cm³/mol. The lowest BCUT2D eigenvalue weighted by molar-refractivity contribution is -0.125. The first kappa shape index (κ1) is 19.0. The third kappa shape index (κ3) is 3.52. The fourth-order valence-electron chi connectivity index (χ4n) is 5.15. The van der Waals surface area contributed by atoms with Gasteiger partial charge in [0.1, 0.15) is 5.82 Å². The van der Waals surface area contributed by atoms with E-state index in [1.54, 1.807) is 18.3 Å². The molecule has 30 heavy (non-hydrogen) atoms. The minimum absolute atomic E-state index is 0.00123. The molecule has 1 aliphatic carbocycles. The second-order valence-corrected chi connectivity index (χ2v) is 8.73. The van der Waals surface area contributed by atoms with Crippen molar-refractivity contribution < 1.29 is 14.7 Å². The molecule has 2 aromatic rings. The summed E-state index contributed by atoms with van der Waals surface area (Å²) in [4.78, 5) is 30.3. The molecule has 1 saturated carbocycles. The van der Waals surface area contributed by atoms with Crippen molar-refractivity contribution in [2.24, 2.45) is 11.8 Å². The molecular weight excluding hydrogens is 378 g/mol. The second kappa shape index (κ2) is 7.36. The van der Waals surface area contributed by atoms with Gasteiger partial charge in [-0.15, -0.1) is 0 Å². The first-order valence-electron chi connectivity index (χ1n) is 10.5. The van der Waals surface area contributed by atoms with Gasteiger partial charge < -0.3 is 15.3 Å². The summed E-state index contributed by atoms with van der Waals surface area (Å²) in [6, 6.07) is 11.8. The zero-order valence-corrected chi connectivity index (χ0v) is 16.8. The average Bonchev–Trinajstić information content (AvgIpc) is 3.28. The highest BCUT2D eigenvalue weighted by Crippen LogP contribution is 2.48. The quantitative estimate of drug-likeness (QED) is 0.772. The number of nitrogens with one attached hydrogen (secondary N) is 1. The van der Waals surface area contributed by atoms with Crippen LogP contribution in [0.3, 0.4) is 0 Å². The number of rotatable bonds is 3.